The zero-order valence-electron chi connectivity index (χ0n) is 26.9. The van der Waals surface area contributed by atoms with Gasteiger partial charge >= 0.3 is 0 Å². The lowest BCUT2D eigenvalue weighted by Gasteiger charge is -2.24. The second-order valence-corrected chi connectivity index (χ2v) is 13.8. The van der Waals surface area contributed by atoms with E-state index in [1.165, 1.54) is 27.6 Å². The number of hydrogen-bond acceptors (Lipinski definition) is 9. The first-order valence-corrected chi connectivity index (χ1v) is 17.4. The molecule has 0 spiro atoms. The number of thiazole rings is 2. The maximum Gasteiger partial charge on any atom is 0.271 e. The molecule has 3 aromatic heterocycles. The van der Waals surface area contributed by atoms with Crippen LogP contribution in [0.1, 0.15) is 85.9 Å². The molecule has 13 heteroatoms. The highest BCUT2D eigenvalue weighted by atomic mass is 32.1. The molecule has 1 aliphatic heterocycles. The summed E-state index contributed by atoms with van der Waals surface area (Å²) in [7, 11) is 0. The van der Waals surface area contributed by atoms with Gasteiger partial charge in [0.1, 0.15) is 21.4 Å². The highest BCUT2D eigenvalue weighted by molar-refractivity contribution is 7.10. The third-order valence-electron chi connectivity index (χ3n) is 7.72. The second kappa shape index (κ2) is 15.4. The Kier molecular flexibility index (Phi) is 11.1. The number of amides is 4. The minimum atomic E-state index is -0.525. The monoisotopic (exact) mass is 673 g/mol. The van der Waals surface area contributed by atoms with Crippen molar-refractivity contribution in [3.05, 3.63) is 97.1 Å². The van der Waals surface area contributed by atoms with Crippen molar-refractivity contribution in [2.24, 2.45) is 5.92 Å². The molecule has 3 N–H and O–H groups in total. The Morgan fingerprint density at radius 3 is 2.26 bits per heavy atom. The number of carbonyl (C=O) groups excluding carboxylic acids is 4. The Hall–Kier alpha value is -4.49. The van der Waals surface area contributed by atoms with Gasteiger partial charge in [0.15, 0.2) is 0 Å². The fourth-order valence-corrected chi connectivity index (χ4v) is 7.31. The summed E-state index contributed by atoms with van der Waals surface area (Å²) in [5.74, 6) is -1.26. The van der Waals surface area contributed by atoms with Gasteiger partial charge in [-0.2, -0.15) is 0 Å². The second-order valence-electron chi connectivity index (χ2n) is 12.0. The number of hydrogen-bond donors (Lipinski definition) is 3. The van der Waals surface area contributed by atoms with Crippen LogP contribution in [0.4, 0.5) is 0 Å². The van der Waals surface area contributed by atoms with E-state index in [4.69, 9.17) is 0 Å². The minimum absolute atomic E-state index is 0.00171. The standard InChI is InChI=1S/C34H39N7O4S2/c1-20(2)30-34-39-26(18-47-34)31(44)35-11-8-12-41(29(43)16-24-13-21(3)36-22(4)14-24)17-28(42)37-25(15-23-9-6-5-7-10-23)33-38-27(19-46-33)32(45)40-30/h5-7,9-10,13-14,18-20,25,30H,8,11-12,15-17H2,1-4H3,(H,35,44)(H,37,42)(H,40,45)/t25?,30-/m0/s1. The molecule has 0 saturated heterocycles. The zero-order chi connectivity index (χ0) is 33.5. The topological polar surface area (TPSA) is 146 Å². The number of pyridine rings is 1. The summed E-state index contributed by atoms with van der Waals surface area (Å²) in [6, 6.07) is 12.5. The normalized spacial score (nSPS) is 18.1. The molecule has 47 heavy (non-hydrogen) atoms. The third-order valence-corrected chi connectivity index (χ3v) is 9.60. The first-order chi connectivity index (χ1) is 22.5. The summed E-state index contributed by atoms with van der Waals surface area (Å²) in [4.78, 5) is 68.7. The summed E-state index contributed by atoms with van der Waals surface area (Å²) in [5, 5.41) is 13.6. The molecule has 4 aromatic rings. The van der Waals surface area contributed by atoms with Crippen LogP contribution in [0.5, 0.6) is 0 Å². The van der Waals surface area contributed by atoms with Gasteiger partial charge in [-0.25, -0.2) is 9.97 Å². The van der Waals surface area contributed by atoms with Crippen molar-refractivity contribution in [3.63, 3.8) is 0 Å². The number of carbonyl (C=O) groups is 4. The maximum atomic E-state index is 13.6. The molecule has 246 valence electrons. The molecule has 0 aliphatic carbocycles. The first kappa shape index (κ1) is 33.9. The van der Waals surface area contributed by atoms with Gasteiger partial charge in [0.25, 0.3) is 11.8 Å². The van der Waals surface area contributed by atoms with Gasteiger partial charge in [-0.3, -0.25) is 24.2 Å². The van der Waals surface area contributed by atoms with Crippen LogP contribution in [0, 0.1) is 19.8 Å². The molecule has 1 aliphatic rings. The molecule has 0 fully saturated rings. The van der Waals surface area contributed by atoms with Crippen LogP contribution in [-0.2, 0) is 22.4 Å². The van der Waals surface area contributed by atoms with E-state index in [1.54, 1.807) is 10.8 Å². The molecule has 1 aromatic carbocycles. The van der Waals surface area contributed by atoms with Crippen LogP contribution >= 0.6 is 22.7 Å². The van der Waals surface area contributed by atoms with Gasteiger partial charge in [0.05, 0.1) is 25.0 Å². The van der Waals surface area contributed by atoms with Gasteiger partial charge in [-0.15, -0.1) is 22.7 Å². The predicted octanol–water partition coefficient (Wildman–Crippen LogP) is 4.34. The lowest BCUT2D eigenvalue weighted by Crippen LogP contribution is -2.44. The summed E-state index contributed by atoms with van der Waals surface area (Å²) in [6.07, 6.45) is 0.998. The lowest BCUT2D eigenvalue weighted by atomic mass is 10.0. The number of aromatic nitrogens is 3. The Morgan fingerprint density at radius 2 is 1.55 bits per heavy atom. The lowest BCUT2D eigenvalue weighted by molar-refractivity contribution is -0.135. The first-order valence-electron chi connectivity index (χ1n) is 15.6. The van der Waals surface area contributed by atoms with Gasteiger partial charge in [-0.05, 0) is 55.9 Å². The van der Waals surface area contributed by atoms with E-state index in [9.17, 15) is 19.2 Å². The van der Waals surface area contributed by atoms with Gasteiger partial charge < -0.3 is 20.9 Å². The van der Waals surface area contributed by atoms with Crippen molar-refractivity contribution in [1.82, 2.24) is 35.8 Å². The quantitative estimate of drug-likeness (QED) is 0.286. The van der Waals surface area contributed by atoms with E-state index < -0.39 is 12.1 Å². The van der Waals surface area contributed by atoms with Crippen molar-refractivity contribution in [3.8, 4) is 0 Å². The minimum Gasteiger partial charge on any atom is -0.351 e. The number of nitrogens with one attached hydrogen (secondary N) is 3. The van der Waals surface area contributed by atoms with E-state index in [1.807, 2.05) is 70.2 Å². The molecule has 4 amide bonds. The van der Waals surface area contributed by atoms with Crippen molar-refractivity contribution in [2.45, 2.75) is 59.0 Å². The Balaban J connectivity index is 1.45. The van der Waals surface area contributed by atoms with Crippen molar-refractivity contribution < 1.29 is 19.2 Å². The molecule has 2 atom stereocenters. The summed E-state index contributed by atoms with van der Waals surface area (Å²) in [5.41, 5.74) is 3.93. The smallest absolute Gasteiger partial charge is 0.271 e. The molecule has 11 nitrogen and oxygen atoms in total. The number of aryl methyl sites for hydroxylation is 2. The van der Waals surface area contributed by atoms with E-state index in [2.05, 4.69) is 30.9 Å². The highest BCUT2D eigenvalue weighted by Gasteiger charge is 2.27. The Labute approximate surface area is 282 Å². The molecular weight excluding hydrogens is 635 g/mol. The SMILES string of the molecule is Cc1cc(CC(=O)N2CCCNC(=O)c3csc(n3)[C@H](C(C)C)NC(=O)c3csc(n3)C(Cc3ccccc3)NC(=O)C2)cc(C)n1. The number of benzene rings is 1. The van der Waals surface area contributed by atoms with Gasteiger partial charge in [0, 0.05) is 35.2 Å². The molecule has 4 heterocycles. The van der Waals surface area contributed by atoms with Crippen LogP contribution in [0.15, 0.2) is 53.2 Å². The van der Waals surface area contributed by atoms with Crippen LogP contribution in [0.3, 0.4) is 0 Å². The average molecular weight is 674 g/mol. The highest BCUT2D eigenvalue weighted by Crippen LogP contribution is 2.27. The molecular formula is C34H39N7O4S2. The maximum absolute atomic E-state index is 13.6. The largest absolute Gasteiger partial charge is 0.351 e. The zero-order valence-corrected chi connectivity index (χ0v) is 28.5. The Bertz CT molecular complexity index is 1720. The third kappa shape index (κ3) is 9.07. The molecule has 4 bridgehead atoms. The van der Waals surface area contributed by atoms with Gasteiger partial charge in [-0.1, -0.05) is 44.2 Å². The van der Waals surface area contributed by atoms with Crippen LogP contribution in [0.2, 0.25) is 0 Å². The molecule has 0 radical (unpaired) electrons. The fourth-order valence-electron chi connectivity index (χ4n) is 5.44. The van der Waals surface area contributed by atoms with Crippen molar-refractivity contribution >= 4 is 46.3 Å². The van der Waals surface area contributed by atoms with E-state index in [-0.39, 0.29) is 67.0 Å². The van der Waals surface area contributed by atoms with Gasteiger partial charge in [0.2, 0.25) is 11.8 Å². The number of nitrogens with zero attached hydrogens (tertiary/aromatic N) is 4. The van der Waals surface area contributed by atoms with E-state index in [0.29, 0.717) is 22.9 Å². The summed E-state index contributed by atoms with van der Waals surface area (Å²) >= 11 is 2.61. The van der Waals surface area contributed by atoms with E-state index >= 15 is 0 Å². The van der Waals surface area contributed by atoms with Crippen molar-refractivity contribution in [2.75, 3.05) is 19.6 Å². The predicted molar refractivity (Wildman–Crippen MR) is 181 cm³/mol. The fraction of sp³-hybridized carbons (Fsp3) is 0.382. The van der Waals surface area contributed by atoms with Crippen LogP contribution in [0.25, 0.3) is 0 Å². The number of fused-ring (bicyclic) bond motifs is 4. The van der Waals surface area contributed by atoms with Crippen LogP contribution < -0.4 is 16.0 Å². The molecule has 5 rings (SSSR count). The summed E-state index contributed by atoms with van der Waals surface area (Å²) < 4.78 is 0. The van der Waals surface area contributed by atoms with Crippen LogP contribution in [-0.4, -0.2) is 63.1 Å². The average Bonchev–Trinajstić information content (AvgIpc) is 3.71. The molecule has 0 saturated carbocycles. The Morgan fingerprint density at radius 1 is 0.894 bits per heavy atom. The van der Waals surface area contributed by atoms with Crippen molar-refractivity contribution in [1.29, 1.82) is 0 Å². The number of rotatable bonds is 5. The van der Waals surface area contributed by atoms with E-state index in [0.717, 1.165) is 22.5 Å². The summed E-state index contributed by atoms with van der Waals surface area (Å²) in [6.45, 7) is 8.08. The molecule has 1 unspecified atom stereocenters.